The quantitative estimate of drug-likeness (QED) is 0.645. The molecule has 2 heterocycles. The molecule has 0 bridgehead atoms. The maximum absolute atomic E-state index is 13.2. The number of nitrogens with one attached hydrogen (secondary N) is 2. The van der Waals surface area contributed by atoms with Gasteiger partial charge in [0, 0.05) is 5.02 Å². The Kier molecular flexibility index (Phi) is 7.03. The summed E-state index contributed by atoms with van der Waals surface area (Å²) in [6.45, 7) is 7.55. The van der Waals surface area contributed by atoms with Crippen LogP contribution in [0.25, 0.3) is 0 Å². The Bertz CT molecular complexity index is 1110. The van der Waals surface area contributed by atoms with Crippen LogP contribution in [0.3, 0.4) is 0 Å². The number of piperidine rings is 1. The van der Waals surface area contributed by atoms with E-state index in [0.717, 1.165) is 37.1 Å². The number of aliphatic imine (C=N–C) groups is 1. The van der Waals surface area contributed by atoms with Gasteiger partial charge in [0.15, 0.2) is 0 Å². The number of hydrogen-bond donors (Lipinski definition) is 2. The van der Waals surface area contributed by atoms with Crippen molar-refractivity contribution in [1.29, 1.82) is 0 Å². The number of sulfonamides is 1. The highest BCUT2D eigenvalue weighted by atomic mass is 35.5. The zero-order valence-corrected chi connectivity index (χ0v) is 20.9. The second-order valence-electron chi connectivity index (χ2n) is 9.44. The van der Waals surface area contributed by atoms with Crippen molar-refractivity contribution in [2.45, 2.75) is 62.8 Å². The minimum atomic E-state index is -3.69. The average molecular weight is 490 g/mol. The summed E-state index contributed by atoms with van der Waals surface area (Å²) in [7, 11) is -3.69. The van der Waals surface area contributed by atoms with E-state index in [0.29, 0.717) is 17.4 Å². The lowest BCUT2D eigenvalue weighted by Gasteiger charge is -2.39. The van der Waals surface area contributed by atoms with Crippen molar-refractivity contribution < 1.29 is 13.2 Å². The first-order valence-electron chi connectivity index (χ1n) is 11.5. The van der Waals surface area contributed by atoms with E-state index in [2.05, 4.69) is 27.2 Å². The van der Waals surface area contributed by atoms with Gasteiger partial charge in [0.2, 0.25) is 10.0 Å². The Labute approximate surface area is 201 Å². The topological polar surface area (TPSA) is 79.8 Å². The van der Waals surface area contributed by atoms with Crippen LogP contribution >= 0.6 is 11.6 Å². The number of amidine groups is 1. The van der Waals surface area contributed by atoms with E-state index in [9.17, 15) is 8.42 Å². The van der Waals surface area contributed by atoms with Crippen LogP contribution in [0, 0.1) is 0 Å². The monoisotopic (exact) mass is 489 g/mol. The molecule has 2 aliphatic heterocycles. The number of halogens is 1. The normalized spacial score (nSPS) is 24.6. The molecule has 2 atom stereocenters. The number of hydrogen-bond acceptors (Lipinski definition) is 5. The van der Waals surface area contributed by atoms with Gasteiger partial charge in [-0.15, -0.1) is 0 Å². The minimum Gasteiger partial charge on any atom is -0.457 e. The van der Waals surface area contributed by atoms with Gasteiger partial charge < -0.3 is 10.1 Å². The molecule has 2 fully saturated rings. The molecule has 33 heavy (non-hydrogen) atoms. The zero-order valence-electron chi connectivity index (χ0n) is 19.3. The molecule has 0 aliphatic carbocycles. The fourth-order valence-corrected chi connectivity index (χ4v) is 6.65. The standard InChI is InChI=1S/C25H32ClN3O3S/c1-17(21-6-4-5-7-22(21)26)28-24-29-33(30,31)23(25(2,3)32-24)16-18-8-10-19(11-9-18)20-12-14-27-15-13-20/h4-11,17,20,23,27H,12-16H2,1-3H3,(H,28,29)/t17-,23?/m0/s1. The third-order valence-corrected chi connectivity index (χ3v) is 8.90. The van der Waals surface area contributed by atoms with Crippen LogP contribution in [-0.2, 0) is 21.2 Å². The van der Waals surface area contributed by atoms with Crippen LogP contribution in [0.5, 0.6) is 0 Å². The third-order valence-electron chi connectivity index (χ3n) is 6.62. The molecule has 1 unspecified atom stereocenters. The summed E-state index contributed by atoms with van der Waals surface area (Å²) >= 11 is 6.27. The largest absolute Gasteiger partial charge is 0.457 e. The van der Waals surface area contributed by atoms with Crippen molar-refractivity contribution in [2.24, 2.45) is 4.99 Å². The fourth-order valence-electron chi connectivity index (χ4n) is 4.66. The summed E-state index contributed by atoms with van der Waals surface area (Å²) in [6, 6.07) is 15.4. The Balaban J connectivity index is 1.50. The van der Waals surface area contributed by atoms with Crippen LogP contribution in [0.4, 0.5) is 0 Å². The maximum atomic E-state index is 13.2. The smallest absolute Gasteiger partial charge is 0.299 e. The minimum absolute atomic E-state index is 0.00456. The number of rotatable bonds is 5. The highest BCUT2D eigenvalue weighted by molar-refractivity contribution is 7.90. The molecular weight excluding hydrogens is 458 g/mol. The molecule has 2 aromatic rings. The Hall–Kier alpha value is -2.09. The molecule has 0 radical (unpaired) electrons. The molecule has 2 saturated heterocycles. The van der Waals surface area contributed by atoms with Gasteiger partial charge in [-0.1, -0.05) is 54.1 Å². The lowest BCUT2D eigenvalue weighted by Crippen LogP contribution is -2.59. The molecule has 0 spiro atoms. The van der Waals surface area contributed by atoms with Crippen molar-refractivity contribution in [3.05, 3.63) is 70.2 Å². The second kappa shape index (κ2) is 9.65. The summed E-state index contributed by atoms with van der Waals surface area (Å²) < 4.78 is 35.0. The van der Waals surface area contributed by atoms with Crippen molar-refractivity contribution in [3.8, 4) is 0 Å². The molecule has 0 amide bonds. The van der Waals surface area contributed by atoms with Crippen LogP contribution in [-0.4, -0.2) is 38.4 Å². The predicted molar refractivity (Wildman–Crippen MR) is 133 cm³/mol. The first-order chi connectivity index (χ1) is 15.7. The van der Waals surface area contributed by atoms with E-state index >= 15 is 0 Å². The van der Waals surface area contributed by atoms with Crippen molar-refractivity contribution in [3.63, 3.8) is 0 Å². The molecule has 8 heteroatoms. The highest BCUT2D eigenvalue weighted by Gasteiger charge is 2.47. The first kappa shape index (κ1) is 24.0. The lowest BCUT2D eigenvalue weighted by atomic mass is 9.89. The van der Waals surface area contributed by atoms with Crippen LogP contribution in [0.1, 0.15) is 62.3 Å². The summed E-state index contributed by atoms with van der Waals surface area (Å²) in [6.07, 6.45) is 2.63. The van der Waals surface area contributed by atoms with E-state index in [1.54, 1.807) is 19.9 Å². The van der Waals surface area contributed by atoms with Crippen LogP contribution in [0.15, 0.2) is 53.5 Å². The van der Waals surface area contributed by atoms with E-state index in [1.807, 2.05) is 37.3 Å². The number of nitrogens with zero attached hydrogens (tertiary/aromatic N) is 1. The first-order valence-corrected chi connectivity index (χ1v) is 13.4. The summed E-state index contributed by atoms with van der Waals surface area (Å²) in [4.78, 5) is 4.48. The Morgan fingerprint density at radius 1 is 1.12 bits per heavy atom. The summed E-state index contributed by atoms with van der Waals surface area (Å²) in [5.41, 5.74) is 2.16. The van der Waals surface area contributed by atoms with E-state index in [-0.39, 0.29) is 12.1 Å². The number of benzene rings is 2. The van der Waals surface area contributed by atoms with Gasteiger partial charge in [-0.3, -0.25) is 0 Å². The van der Waals surface area contributed by atoms with Gasteiger partial charge in [0.1, 0.15) is 10.9 Å². The van der Waals surface area contributed by atoms with Gasteiger partial charge in [-0.2, -0.15) is 0 Å². The molecule has 2 aliphatic rings. The molecule has 2 N–H and O–H groups in total. The predicted octanol–water partition coefficient (Wildman–Crippen LogP) is 4.56. The van der Waals surface area contributed by atoms with Gasteiger partial charge in [-0.25, -0.2) is 18.1 Å². The molecule has 0 saturated carbocycles. The molecule has 178 valence electrons. The maximum Gasteiger partial charge on any atom is 0.299 e. The number of ether oxygens (including phenoxy) is 1. The Morgan fingerprint density at radius 3 is 2.42 bits per heavy atom. The van der Waals surface area contributed by atoms with Crippen molar-refractivity contribution in [2.75, 3.05) is 13.1 Å². The molecule has 6 nitrogen and oxygen atoms in total. The van der Waals surface area contributed by atoms with E-state index < -0.39 is 20.9 Å². The van der Waals surface area contributed by atoms with Gasteiger partial charge in [-0.05, 0) is 81.8 Å². The van der Waals surface area contributed by atoms with E-state index in [1.165, 1.54) is 5.56 Å². The average Bonchev–Trinajstić information content (AvgIpc) is 2.77. The Morgan fingerprint density at radius 2 is 1.79 bits per heavy atom. The third kappa shape index (κ3) is 5.53. The van der Waals surface area contributed by atoms with Crippen molar-refractivity contribution in [1.82, 2.24) is 10.0 Å². The molecule has 4 rings (SSSR count). The van der Waals surface area contributed by atoms with Crippen LogP contribution in [0.2, 0.25) is 5.02 Å². The zero-order chi connectivity index (χ0) is 23.6. The fraction of sp³-hybridized carbons (Fsp3) is 0.480. The summed E-state index contributed by atoms with van der Waals surface area (Å²) in [5, 5.41) is 3.23. The molecule has 0 aromatic heterocycles. The van der Waals surface area contributed by atoms with Gasteiger partial charge >= 0.3 is 0 Å². The molecular formula is C25H32ClN3O3S. The highest BCUT2D eigenvalue weighted by Crippen LogP contribution is 2.32. The van der Waals surface area contributed by atoms with Gasteiger partial charge in [0.05, 0.1) is 6.04 Å². The van der Waals surface area contributed by atoms with Crippen LogP contribution < -0.4 is 10.0 Å². The van der Waals surface area contributed by atoms with Gasteiger partial charge in [0.25, 0.3) is 6.02 Å². The van der Waals surface area contributed by atoms with Crippen molar-refractivity contribution >= 4 is 27.6 Å². The van der Waals surface area contributed by atoms with E-state index in [4.69, 9.17) is 16.3 Å². The summed E-state index contributed by atoms with van der Waals surface area (Å²) in [5.74, 6) is 0.569. The lowest BCUT2D eigenvalue weighted by molar-refractivity contribution is 0.0762. The molecule has 2 aromatic carbocycles. The SMILES string of the molecule is C[C@H](N=C1NS(=O)(=O)C(Cc2ccc(C3CCNCC3)cc2)C(C)(C)O1)c1ccccc1Cl. The second-order valence-corrected chi connectivity index (χ2v) is 11.7.